The summed E-state index contributed by atoms with van der Waals surface area (Å²) < 4.78 is 49.1. The van der Waals surface area contributed by atoms with Crippen molar-refractivity contribution in [2.75, 3.05) is 18.8 Å². The van der Waals surface area contributed by atoms with E-state index in [1.807, 2.05) is 6.92 Å². The van der Waals surface area contributed by atoms with Crippen molar-refractivity contribution in [2.24, 2.45) is 0 Å². The molecule has 1 aromatic rings. The number of rotatable bonds is 5. The molecule has 0 atom stereocenters. The van der Waals surface area contributed by atoms with E-state index in [4.69, 9.17) is 0 Å². The van der Waals surface area contributed by atoms with E-state index in [9.17, 15) is 16.8 Å². The molecule has 0 spiro atoms. The van der Waals surface area contributed by atoms with Gasteiger partial charge in [-0.15, -0.1) is 0 Å². The molecule has 5 nitrogen and oxygen atoms in total. The Labute approximate surface area is 120 Å². The van der Waals surface area contributed by atoms with Gasteiger partial charge in [0, 0.05) is 18.8 Å². The van der Waals surface area contributed by atoms with Crippen molar-refractivity contribution in [1.82, 2.24) is 4.31 Å². The van der Waals surface area contributed by atoms with Crippen molar-refractivity contribution in [3.05, 3.63) is 29.8 Å². The number of benzene rings is 1. The third kappa shape index (κ3) is 2.75. The van der Waals surface area contributed by atoms with Crippen LogP contribution in [0.25, 0.3) is 0 Å². The van der Waals surface area contributed by atoms with Crippen LogP contribution in [-0.4, -0.2) is 45.2 Å². The van der Waals surface area contributed by atoms with Crippen LogP contribution in [0.15, 0.2) is 29.2 Å². The number of hydrogen-bond donors (Lipinski definition) is 0. The van der Waals surface area contributed by atoms with Crippen LogP contribution in [0.3, 0.4) is 0 Å². The van der Waals surface area contributed by atoms with Crippen LogP contribution in [-0.2, 0) is 26.3 Å². The summed E-state index contributed by atoms with van der Waals surface area (Å²) in [6.07, 6.45) is 0.848. The molecule has 7 heteroatoms. The van der Waals surface area contributed by atoms with Gasteiger partial charge in [-0.2, -0.15) is 4.31 Å². The van der Waals surface area contributed by atoms with Gasteiger partial charge < -0.3 is 0 Å². The minimum atomic E-state index is -3.56. The van der Waals surface area contributed by atoms with Gasteiger partial charge in [0.1, 0.15) is 0 Å². The average molecular weight is 317 g/mol. The molecule has 1 heterocycles. The SMILES string of the molecule is CCc1ccc(S(=O)(=O)N2CC(S(=O)(=O)CC)C2)cc1. The highest BCUT2D eigenvalue weighted by Crippen LogP contribution is 2.25. The summed E-state index contributed by atoms with van der Waals surface area (Å²) in [5, 5.41) is -0.558. The summed E-state index contributed by atoms with van der Waals surface area (Å²) >= 11 is 0. The Morgan fingerprint density at radius 2 is 1.60 bits per heavy atom. The molecule has 0 unspecified atom stereocenters. The van der Waals surface area contributed by atoms with Crippen molar-refractivity contribution in [1.29, 1.82) is 0 Å². The predicted molar refractivity (Wildman–Crippen MR) is 77.8 cm³/mol. The van der Waals surface area contributed by atoms with Crippen LogP contribution in [0.4, 0.5) is 0 Å². The van der Waals surface area contributed by atoms with Gasteiger partial charge in [-0.3, -0.25) is 0 Å². The van der Waals surface area contributed by atoms with Gasteiger partial charge in [0.05, 0.1) is 10.1 Å². The van der Waals surface area contributed by atoms with Gasteiger partial charge in [-0.1, -0.05) is 26.0 Å². The van der Waals surface area contributed by atoms with Gasteiger partial charge in [0.15, 0.2) is 9.84 Å². The number of aryl methyl sites for hydroxylation is 1. The fourth-order valence-corrected chi connectivity index (χ4v) is 5.11. The minimum Gasteiger partial charge on any atom is -0.228 e. The number of hydrogen-bond acceptors (Lipinski definition) is 4. The lowest BCUT2D eigenvalue weighted by Crippen LogP contribution is -2.57. The first kappa shape index (κ1) is 15.5. The van der Waals surface area contributed by atoms with Crippen molar-refractivity contribution >= 4 is 19.9 Å². The molecule has 0 aromatic heterocycles. The molecule has 0 bridgehead atoms. The largest absolute Gasteiger partial charge is 0.243 e. The van der Waals surface area contributed by atoms with Crippen LogP contribution in [0.2, 0.25) is 0 Å². The van der Waals surface area contributed by atoms with Gasteiger partial charge in [0.2, 0.25) is 10.0 Å². The normalized spacial score (nSPS) is 17.9. The Hall–Kier alpha value is -0.920. The molecular formula is C13H19NO4S2. The second-order valence-electron chi connectivity index (χ2n) is 4.89. The molecular weight excluding hydrogens is 298 g/mol. The highest BCUT2D eigenvalue weighted by Gasteiger charge is 2.42. The molecule has 2 rings (SSSR count). The van der Waals surface area contributed by atoms with Gasteiger partial charge in [-0.25, -0.2) is 16.8 Å². The van der Waals surface area contributed by atoms with Crippen LogP contribution >= 0.6 is 0 Å². The predicted octanol–water partition coefficient (Wildman–Crippen LogP) is 1.06. The van der Waals surface area contributed by atoms with E-state index in [1.54, 1.807) is 31.2 Å². The third-order valence-electron chi connectivity index (χ3n) is 3.69. The van der Waals surface area contributed by atoms with Crippen molar-refractivity contribution < 1.29 is 16.8 Å². The zero-order chi connectivity index (χ0) is 15.0. The summed E-state index contributed by atoms with van der Waals surface area (Å²) in [7, 11) is -6.71. The zero-order valence-corrected chi connectivity index (χ0v) is 13.2. The van der Waals surface area contributed by atoms with Crippen molar-refractivity contribution in [3.8, 4) is 0 Å². The van der Waals surface area contributed by atoms with Crippen LogP contribution in [0.5, 0.6) is 0 Å². The highest BCUT2D eigenvalue weighted by molar-refractivity contribution is 7.92. The second-order valence-corrected chi connectivity index (χ2v) is 9.40. The first-order valence-corrected chi connectivity index (χ1v) is 9.77. The summed E-state index contributed by atoms with van der Waals surface area (Å²) in [5.41, 5.74) is 1.07. The van der Waals surface area contributed by atoms with E-state index in [0.717, 1.165) is 12.0 Å². The molecule has 1 aromatic carbocycles. The average Bonchev–Trinajstić information content (AvgIpc) is 2.36. The molecule has 20 heavy (non-hydrogen) atoms. The van der Waals surface area contributed by atoms with Gasteiger partial charge >= 0.3 is 0 Å². The Morgan fingerprint density at radius 3 is 2.05 bits per heavy atom. The molecule has 0 N–H and O–H groups in total. The molecule has 1 fully saturated rings. The first-order valence-electron chi connectivity index (χ1n) is 6.62. The van der Waals surface area contributed by atoms with E-state index in [-0.39, 0.29) is 23.7 Å². The van der Waals surface area contributed by atoms with E-state index < -0.39 is 25.1 Å². The summed E-state index contributed by atoms with van der Waals surface area (Å²) in [6, 6.07) is 6.73. The Bertz CT molecular complexity index is 672. The second kappa shape index (κ2) is 5.46. The van der Waals surface area contributed by atoms with Gasteiger partial charge in [0.25, 0.3) is 0 Å². The molecule has 1 saturated heterocycles. The Balaban J connectivity index is 2.13. The van der Waals surface area contributed by atoms with Crippen LogP contribution < -0.4 is 0 Å². The molecule has 0 aliphatic carbocycles. The van der Waals surface area contributed by atoms with E-state index in [1.165, 1.54) is 4.31 Å². The molecule has 112 valence electrons. The quantitative estimate of drug-likeness (QED) is 0.814. The number of sulfonamides is 1. The lowest BCUT2D eigenvalue weighted by molar-refractivity contribution is 0.310. The molecule has 0 amide bonds. The first-order chi connectivity index (χ1) is 9.31. The van der Waals surface area contributed by atoms with E-state index >= 15 is 0 Å². The fourth-order valence-electron chi connectivity index (χ4n) is 2.11. The van der Waals surface area contributed by atoms with Crippen molar-refractivity contribution in [3.63, 3.8) is 0 Å². The lowest BCUT2D eigenvalue weighted by atomic mass is 10.2. The van der Waals surface area contributed by atoms with Gasteiger partial charge in [-0.05, 0) is 24.1 Å². The number of sulfone groups is 1. The summed E-state index contributed by atoms with van der Waals surface area (Å²) in [4.78, 5) is 0.224. The molecule has 0 saturated carbocycles. The van der Waals surface area contributed by atoms with Crippen LogP contribution in [0.1, 0.15) is 19.4 Å². The van der Waals surface area contributed by atoms with Crippen LogP contribution in [0, 0.1) is 0 Å². The lowest BCUT2D eigenvalue weighted by Gasteiger charge is -2.37. The molecule has 1 aliphatic heterocycles. The monoisotopic (exact) mass is 317 g/mol. The number of nitrogens with zero attached hydrogens (tertiary/aromatic N) is 1. The maximum atomic E-state index is 12.3. The fraction of sp³-hybridized carbons (Fsp3) is 0.538. The Morgan fingerprint density at radius 1 is 1.05 bits per heavy atom. The minimum absolute atomic E-state index is 0.0523. The third-order valence-corrected chi connectivity index (χ3v) is 7.66. The highest BCUT2D eigenvalue weighted by atomic mass is 32.2. The standard InChI is InChI=1S/C13H19NO4S2/c1-3-11-5-7-12(8-6-11)20(17,18)14-9-13(10-14)19(15,16)4-2/h5-8,13H,3-4,9-10H2,1-2H3. The Kier molecular flexibility index (Phi) is 4.22. The molecule has 1 aliphatic rings. The molecule has 0 radical (unpaired) electrons. The maximum Gasteiger partial charge on any atom is 0.243 e. The van der Waals surface area contributed by atoms with E-state index in [2.05, 4.69) is 0 Å². The summed E-state index contributed by atoms with van der Waals surface area (Å²) in [5.74, 6) is 0.0523. The van der Waals surface area contributed by atoms with Crippen molar-refractivity contribution in [2.45, 2.75) is 30.4 Å². The maximum absolute atomic E-state index is 12.3. The smallest absolute Gasteiger partial charge is 0.228 e. The van der Waals surface area contributed by atoms with E-state index in [0.29, 0.717) is 0 Å². The zero-order valence-electron chi connectivity index (χ0n) is 11.6. The summed E-state index contributed by atoms with van der Waals surface area (Å²) in [6.45, 7) is 3.71. The topological polar surface area (TPSA) is 71.5 Å².